The van der Waals surface area contributed by atoms with Gasteiger partial charge in [-0.1, -0.05) is 0 Å². The van der Waals surface area contributed by atoms with Crippen molar-refractivity contribution >= 4 is 33.6 Å². The molecule has 0 aliphatic rings. The summed E-state index contributed by atoms with van der Waals surface area (Å²) in [4.78, 5) is 0. The monoisotopic (exact) mass is 272 g/mol. The van der Waals surface area contributed by atoms with Crippen LogP contribution in [0.3, 0.4) is 0 Å². The average Bonchev–Trinajstić information content (AvgIpc) is 1.64. The predicted octanol–water partition coefficient (Wildman–Crippen LogP) is -0.599. The minimum absolute atomic E-state index is 0.420. The zero-order valence-electron chi connectivity index (χ0n) is 3.84. The van der Waals surface area contributed by atoms with Crippen LogP contribution in [0.25, 0.3) is 0 Å². The van der Waals surface area contributed by atoms with E-state index in [2.05, 4.69) is 2.46 Å². The minimum atomic E-state index is -5.28. The summed E-state index contributed by atoms with van der Waals surface area (Å²) < 4.78 is 56.1. The van der Waals surface area contributed by atoms with Crippen LogP contribution in [-0.4, -0.2) is 37.4 Å². The van der Waals surface area contributed by atoms with E-state index in [0.717, 1.165) is 0 Å². The third kappa shape index (κ3) is 2.31. The van der Waals surface area contributed by atoms with E-state index in [9.17, 15) is 21.6 Å². The molecular weight excluding hydrogens is 271 g/mol. The van der Waals surface area contributed by atoms with Gasteiger partial charge in [-0.25, -0.2) is 0 Å². The Morgan fingerprint density at radius 3 is 1.67 bits per heavy atom. The van der Waals surface area contributed by atoms with Crippen molar-refractivity contribution in [2.75, 3.05) is 0 Å². The summed E-state index contributed by atoms with van der Waals surface area (Å²) in [6.07, 6.45) is 0. The Morgan fingerprint density at radius 2 is 1.67 bits per heavy atom. The third-order valence-electron chi connectivity index (χ3n) is 0.410. The van der Waals surface area contributed by atoms with E-state index in [0.29, 0.717) is 0 Å². The Morgan fingerprint density at radius 1 is 1.33 bits per heavy atom. The van der Waals surface area contributed by atoms with Crippen molar-refractivity contribution in [2.24, 2.45) is 0 Å². The molecule has 0 spiro atoms. The molecule has 0 saturated heterocycles. The molecule has 0 N–H and O–H groups in total. The quantitative estimate of drug-likeness (QED) is 0.473. The molecule has 0 saturated carbocycles. The van der Waals surface area contributed by atoms with E-state index in [-0.39, 0.29) is 0 Å². The topological polar surface area (TPSA) is 43.4 Å². The number of alkyl halides is 3. The molecule has 0 aromatic heterocycles. The number of halogens is 3. The van der Waals surface area contributed by atoms with Crippen LogP contribution in [0.4, 0.5) is 13.2 Å². The van der Waals surface area contributed by atoms with Gasteiger partial charge in [0.2, 0.25) is 0 Å². The molecule has 0 bridgehead atoms. The zero-order valence-corrected chi connectivity index (χ0v) is 7.96. The summed E-state index contributed by atoms with van der Waals surface area (Å²) in [5, 5.41) is 0. The Labute approximate surface area is 63.4 Å². The van der Waals surface area contributed by atoms with E-state index in [1.54, 1.807) is 0 Å². The fourth-order valence-electron chi connectivity index (χ4n) is 0.0546. The average molecular weight is 273 g/mol. The van der Waals surface area contributed by atoms with Gasteiger partial charge in [0.25, 0.3) is 0 Å². The van der Waals surface area contributed by atoms with Gasteiger partial charge in [-0.3, -0.25) is 0 Å². The first kappa shape index (κ1) is 9.52. The molecule has 0 aromatic carbocycles. The van der Waals surface area contributed by atoms with Crippen LogP contribution in [0, 0.1) is 0 Å². The van der Waals surface area contributed by atoms with Gasteiger partial charge in [-0.2, -0.15) is 0 Å². The maximum absolute atomic E-state index is 11.1. The summed E-state index contributed by atoms with van der Waals surface area (Å²) in [6, 6.07) is 0. The van der Waals surface area contributed by atoms with Crippen LogP contribution < -0.4 is 0 Å². The summed E-state index contributed by atoms with van der Waals surface area (Å²) in [5.74, 6) is 0. The Kier molecular flexibility index (Phi) is 2.79. The van der Waals surface area contributed by atoms with E-state index in [1.165, 1.54) is 0 Å². The van der Waals surface area contributed by atoms with E-state index >= 15 is 0 Å². The molecule has 0 heterocycles. The molecule has 0 aliphatic heterocycles. The van der Waals surface area contributed by atoms with E-state index in [4.69, 9.17) is 0 Å². The molecule has 0 atom stereocenters. The first-order valence-corrected chi connectivity index (χ1v) is 4.26. The fraction of sp³-hybridized carbons (Fsp3) is 1.00. The number of rotatable bonds is 1. The number of hydrogen-bond donors (Lipinski definition) is 0. The van der Waals surface area contributed by atoms with Crippen molar-refractivity contribution in [2.45, 2.75) is 5.51 Å². The fourth-order valence-corrected chi connectivity index (χ4v) is 1.10. The van der Waals surface area contributed by atoms with Crippen molar-refractivity contribution in [3.8, 4) is 0 Å². The van der Waals surface area contributed by atoms with Crippen LogP contribution in [0.2, 0.25) is 0 Å². The zero-order chi connectivity index (χ0) is 7.71. The molecular formula is CH2F3O3SSb. The SMILES string of the molecule is O=S(=O)([O][SbH2])C(F)(F)F. The molecule has 0 amide bonds. The molecule has 3 nitrogen and oxygen atoms in total. The van der Waals surface area contributed by atoms with Crippen LogP contribution >= 0.6 is 0 Å². The van der Waals surface area contributed by atoms with Gasteiger partial charge in [0.1, 0.15) is 0 Å². The first-order chi connectivity index (χ1) is 3.81. The molecule has 9 heavy (non-hydrogen) atoms. The standard InChI is InChI=1S/CHF3O3S.Sb.2H/c2-1(3,4)8(5,6)7;;;/h(H,5,6,7);;;/q;+1;;/p-1. The molecule has 0 aromatic rings. The Bertz CT molecular complexity index is 180. The summed E-state index contributed by atoms with van der Waals surface area (Å²) in [5.41, 5.74) is -5.27. The molecule has 0 rings (SSSR count). The van der Waals surface area contributed by atoms with Gasteiger partial charge in [-0.05, 0) is 0 Å². The van der Waals surface area contributed by atoms with Gasteiger partial charge in [0.15, 0.2) is 0 Å². The van der Waals surface area contributed by atoms with Gasteiger partial charge < -0.3 is 0 Å². The second-order valence-corrected chi connectivity index (χ2v) is 4.21. The van der Waals surface area contributed by atoms with Crippen molar-refractivity contribution in [3.05, 3.63) is 0 Å². The summed E-state index contributed by atoms with van der Waals surface area (Å²) in [7, 11) is -5.28. The van der Waals surface area contributed by atoms with Crippen molar-refractivity contribution < 1.29 is 24.1 Å². The third-order valence-corrected chi connectivity index (χ3v) is 3.40. The summed E-state index contributed by atoms with van der Waals surface area (Å²) >= 11 is -0.420. The van der Waals surface area contributed by atoms with E-state index < -0.39 is 39.1 Å². The molecule has 0 aliphatic carbocycles. The van der Waals surface area contributed by atoms with Crippen LogP contribution in [0.1, 0.15) is 0 Å². The summed E-state index contributed by atoms with van der Waals surface area (Å²) in [6.45, 7) is 0. The molecule has 8 heteroatoms. The van der Waals surface area contributed by atoms with Crippen LogP contribution in [-0.2, 0) is 12.6 Å². The first-order valence-electron chi connectivity index (χ1n) is 1.51. The normalized spacial score (nSPS) is 13.8. The Balaban J connectivity index is 4.57. The second-order valence-electron chi connectivity index (χ2n) is 0.996. The van der Waals surface area contributed by atoms with Crippen molar-refractivity contribution in [1.29, 1.82) is 0 Å². The van der Waals surface area contributed by atoms with E-state index in [1.807, 2.05) is 0 Å². The van der Waals surface area contributed by atoms with Gasteiger partial charge in [-0.15, -0.1) is 0 Å². The molecule has 56 valence electrons. The second kappa shape index (κ2) is 2.63. The van der Waals surface area contributed by atoms with Gasteiger partial charge >= 0.3 is 63.1 Å². The van der Waals surface area contributed by atoms with Crippen LogP contribution in [0.5, 0.6) is 0 Å². The molecule has 0 fully saturated rings. The van der Waals surface area contributed by atoms with Crippen LogP contribution in [0.15, 0.2) is 0 Å². The van der Waals surface area contributed by atoms with Gasteiger partial charge in [0, 0.05) is 0 Å². The van der Waals surface area contributed by atoms with Gasteiger partial charge in [0.05, 0.1) is 0 Å². The van der Waals surface area contributed by atoms with Crippen molar-refractivity contribution in [3.63, 3.8) is 0 Å². The number of hydrogen-bond acceptors (Lipinski definition) is 3. The Hall–Kier alpha value is 0.518. The molecule has 0 radical (unpaired) electrons. The predicted molar refractivity (Wildman–Crippen MR) is 24.6 cm³/mol. The molecule has 0 unspecified atom stereocenters. The van der Waals surface area contributed by atoms with Crippen molar-refractivity contribution in [1.82, 2.24) is 0 Å². The maximum atomic E-state index is 11.1.